The fraction of sp³-hybridized carbons (Fsp3) is 0.143. The molecule has 7 heteroatoms. The maximum Gasteiger partial charge on any atom is 0.417 e. The molecule has 0 N–H and O–H groups in total. The van der Waals surface area contributed by atoms with Crippen LogP contribution in [-0.2, 0) is 6.18 Å². The van der Waals surface area contributed by atoms with Gasteiger partial charge in [-0.25, -0.2) is 9.99 Å². The molecular formula is C14H11ClF3N3. The van der Waals surface area contributed by atoms with Crippen molar-refractivity contribution < 1.29 is 13.2 Å². The Hall–Kier alpha value is -2.08. The molecule has 0 aliphatic rings. The van der Waals surface area contributed by atoms with Crippen LogP contribution in [0.15, 0.2) is 47.7 Å². The van der Waals surface area contributed by atoms with E-state index in [0.717, 1.165) is 17.8 Å². The van der Waals surface area contributed by atoms with E-state index in [-0.39, 0.29) is 10.8 Å². The van der Waals surface area contributed by atoms with Gasteiger partial charge in [-0.2, -0.15) is 18.3 Å². The van der Waals surface area contributed by atoms with Crippen molar-refractivity contribution in [2.45, 2.75) is 6.18 Å². The normalized spacial score (nSPS) is 11.9. The Morgan fingerprint density at radius 3 is 2.48 bits per heavy atom. The number of benzene rings is 1. The fourth-order valence-corrected chi connectivity index (χ4v) is 1.86. The van der Waals surface area contributed by atoms with E-state index in [1.54, 1.807) is 13.3 Å². The van der Waals surface area contributed by atoms with Crippen molar-refractivity contribution in [3.63, 3.8) is 0 Å². The first kappa shape index (κ1) is 15.3. The molecule has 0 aliphatic carbocycles. The first-order valence-corrected chi connectivity index (χ1v) is 6.31. The van der Waals surface area contributed by atoms with Crippen LogP contribution in [0.3, 0.4) is 0 Å². The monoisotopic (exact) mass is 313 g/mol. The Balaban J connectivity index is 2.20. The number of hydrogen-bond donors (Lipinski definition) is 0. The van der Waals surface area contributed by atoms with E-state index in [1.807, 2.05) is 30.3 Å². The molecular weight excluding hydrogens is 303 g/mol. The van der Waals surface area contributed by atoms with E-state index in [4.69, 9.17) is 11.6 Å². The van der Waals surface area contributed by atoms with Gasteiger partial charge in [-0.15, -0.1) is 0 Å². The molecule has 0 amide bonds. The van der Waals surface area contributed by atoms with E-state index >= 15 is 0 Å². The van der Waals surface area contributed by atoms with Crippen molar-refractivity contribution in [3.05, 3.63) is 58.7 Å². The summed E-state index contributed by atoms with van der Waals surface area (Å²) < 4.78 is 37.6. The summed E-state index contributed by atoms with van der Waals surface area (Å²) in [5.74, 6) is 0.150. The highest BCUT2D eigenvalue weighted by atomic mass is 35.5. The molecule has 0 saturated carbocycles. The minimum absolute atomic E-state index is 0.113. The molecule has 0 saturated heterocycles. The highest BCUT2D eigenvalue weighted by molar-refractivity contribution is 6.33. The van der Waals surface area contributed by atoms with Crippen molar-refractivity contribution in [2.24, 2.45) is 5.10 Å². The molecule has 0 aliphatic heterocycles. The number of anilines is 1. The summed E-state index contributed by atoms with van der Waals surface area (Å²) in [4.78, 5) is 3.72. The highest BCUT2D eigenvalue weighted by Gasteiger charge is 2.31. The molecule has 2 rings (SSSR count). The van der Waals surface area contributed by atoms with Crippen molar-refractivity contribution in [1.29, 1.82) is 0 Å². The molecule has 0 unspecified atom stereocenters. The predicted molar refractivity (Wildman–Crippen MR) is 76.7 cm³/mol. The lowest BCUT2D eigenvalue weighted by molar-refractivity contribution is -0.137. The molecule has 21 heavy (non-hydrogen) atoms. The number of alkyl halides is 3. The number of nitrogens with zero attached hydrogens (tertiary/aromatic N) is 3. The summed E-state index contributed by atoms with van der Waals surface area (Å²) in [7, 11) is 1.56. The Morgan fingerprint density at radius 1 is 1.24 bits per heavy atom. The molecule has 3 nitrogen and oxygen atoms in total. The van der Waals surface area contributed by atoms with Crippen LogP contribution in [0.25, 0.3) is 0 Å². The number of halogens is 4. The van der Waals surface area contributed by atoms with Gasteiger partial charge in [-0.05, 0) is 11.6 Å². The maximum absolute atomic E-state index is 12.5. The second-order valence-corrected chi connectivity index (χ2v) is 4.61. The molecule has 1 aromatic carbocycles. The third-order valence-electron chi connectivity index (χ3n) is 2.64. The van der Waals surface area contributed by atoms with Gasteiger partial charge >= 0.3 is 6.18 Å². The van der Waals surface area contributed by atoms with Crippen LogP contribution in [0.4, 0.5) is 19.0 Å². The van der Waals surface area contributed by atoms with E-state index in [1.165, 1.54) is 5.01 Å². The van der Waals surface area contributed by atoms with Crippen LogP contribution in [0.5, 0.6) is 0 Å². The molecule has 0 atom stereocenters. The van der Waals surface area contributed by atoms with Crippen molar-refractivity contribution in [3.8, 4) is 0 Å². The SMILES string of the molecule is CN(/N=C\c1ccccc1)c1ncc(C(F)(F)F)cc1Cl. The topological polar surface area (TPSA) is 28.5 Å². The van der Waals surface area contributed by atoms with Gasteiger partial charge in [0.2, 0.25) is 0 Å². The molecule has 0 radical (unpaired) electrons. The number of hydrazone groups is 1. The minimum atomic E-state index is -4.47. The van der Waals surface area contributed by atoms with Gasteiger partial charge in [0.15, 0.2) is 5.82 Å². The Bertz CT molecular complexity index is 642. The lowest BCUT2D eigenvalue weighted by atomic mass is 10.2. The molecule has 0 spiro atoms. The highest BCUT2D eigenvalue weighted by Crippen LogP contribution is 2.33. The molecule has 0 bridgehead atoms. The lowest BCUT2D eigenvalue weighted by Crippen LogP contribution is -2.13. The Labute approximate surface area is 124 Å². The van der Waals surface area contributed by atoms with Crippen LogP contribution in [0.2, 0.25) is 5.02 Å². The van der Waals surface area contributed by atoms with Crippen molar-refractivity contribution >= 4 is 23.6 Å². The van der Waals surface area contributed by atoms with E-state index in [2.05, 4.69) is 10.1 Å². The predicted octanol–water partition coefficient (Wildman–Crippen LogP) is 4.22. The molecule has 110 valence electrons. The lowest BCUT2D eigenvalue weighted by Gasteiger charge is -2.14. The number of pyridine rings is 1. The van der Waals surface area contributed by atoms with Gasteiger partial charge in [0.05, 0.1) is 16.8 Å². The average Bonchev–Trinajstić information content (AvgIpc) is 2.45. The molecule has 1 heterocycles. The Morgan fingerprint density at radius 2 is 1.90 bits per heavy atom. The van der Waals surface area contributed by atoms with Crippen LogP contribution >= 0.6 is 11.6 Å². The first-order valence-electron chi connectivity index (χ1n) is 5.93. The van der Waals surface area contributed by atoms with Crippen LogP contribution < -0.4 is 5.01 Å². The zero-order chi connectivity index (χ0) is 15.5. The largest absolute Gasteiger partial charge is 0.417 e. The zero-order valence-corrected chi connectivity index (χ0v) is 11.7. The van der Waals surface area contributed by atoms with Crippen LogP contribution in [0, 0.1) is 0 Å². The maximum atomic E-state index is 12.5. The fourth-order valence-electron chi connectivity index (χ4n) is 1.57. The van der Waals surface area contributed by atoms with Crippen molar-refractivity contribution in [2.75, 3.05) is 12.1 Å². The number of aromatic nitrogens is 1. The van der Waals surface area contributed by atoms with Crippen LogP contribution in [-0.4, -0.2) is 18.2 Å². The third-order valence-corrected chi connectivity index (χ3v) is 2.91. The van der Waals surface area contributed by atoms with Gasteiger partial charge < -0.3 is 0 Å². The average molecular weight is 314 g/mol. The van der Waals surface area contributed by atoms with Crippen molar-refractivity contribution in [1.82, 2.24) is 4.98 Å². The zero-order valence-electron chi connectivity index (χ0n) is 11.0. The molecule has 1 aromatic heterocycles. The summed E-state index contributed by atoms with van der Waals surface area (Å²) in [5.41, 5.74) is -0.0379. The van der Waals surface area contributed by atoms with E-state index < -0.39 is 11.7 Å². The number of rotatable bonds is 3. The first-order chi connectivity index (χ1) is 9.88. The standard InChI is InChI=1S/C14H11ClF3N3/c1-21(20-8-10-5-3-2-4-6-10)13-12(15)7-11(9-19-13)14(16,17)18/h2-9H,1H3/b20-8-. The summed E-state index contributed by atoms with van der Waals surface area (Å²) >= 11 is 5.83. The van der Waals surface area contributed by atoms with Gasteiger partial charge in [-0.3, -0.25) is 0 Å². The molecule has 2 aromatic rings. The number of hydrogen-bond acceptors (Lipinski definition) is 3. The van der Waals surface area contributed by atoms with E-state index in [9.17, 15) is 13.2 Å². The summed E-state index contributed by atoms with van der Waals surface area (Å²) in [6.45, 7) is 0. The van der Waals surface area contributed by atoms with Gasteiger partial charge in [0, 0.05) is 13.2 Å². The summed E-state index contributed by atoms with van der Waals surface area (Å²) in [6, 6.07) is 10.1. The summed E-state index contributed by atoms with van der Waals surface area (Å²) in [6.07, 6.45) is -2.17. The quantitative estimate of drug-likeness (QED) is 0.627. The second kappa shape index (κ2) is 6.13. The van der Waals surface area contributed by atoms with Crippen LogP contribution in [0.1, 0.15) is 11.1 Å². The molecule has 0 fully saturated rings. The van der Waals surface area contributed by atoms with E-state index in [0.29, 0.717) is 0 Å². The minimum Gasteiger partial charge on any atom is -0.250 e. The van der Waals surface area contributed by atoms with Gasteiger partial charge in [0.1, 0.15) is 0 Å². The summed E-state index contributed by atoms with van der Waals surface area (Å²) in [5, 5.41) is 5.30. The third kappa shape index (κ3) is 3.95. The Kier molecular flexibility index (Phi) is 4.47. The van der Waals surface area contributed by atoms with Gasteiger partial charge in [-0.1, -0.05) is 41.9 Å². The van der Waals surface area contributed by atoms with Gasteiger partial charge in [0.25, 0.3) is 0 Å². The smallest absolute Gasteiger partial charge is 0.250 e. The second-order valence-electron chi connectivity index (χ2n) is 4.21.